The van der Waals surface area contributed by atoms with Crippen molar-refractivity contribution in [2.75, 3.05) is 6.61 Å². The highest BCUT2D eigenvalue weighted by atomic mass is 32.2. The van der Waals surface area contributed by atoms with Crippen molar-refractivity contribution in [3.8, 4) is 5.75 Å². The van der Waals surface area contributed by atoms with E-state index in [0.717, 1.165) is 33.5 Å². The highest BCUT2D eigenvalue weighted by Gasteiger charge is 2.41. The van der Waals surface area contributed by atoms with Crippen molar-refractivity contribution >= 4 is 52.2 Å². The third kappa shape index (κ3) is 3.63. The summed E-state index contributed by atoms with van der Waals surface area (Å²) in [7, 11) is 0. The normalized spacial score (nSPS) is 19.0. The molecule has 1 saturated heterocycles. The van der Waals surface area contributed by atoms with Gasteiger partial charge in [0, 0.05) is 5.56 Å². The molecule has 0 radical (unpaired) electrons. The molecule has 1 fully saturated rings. The number of thiocarbonyl (C=S) groups is 1. The first-order chi connectivity index (χ1) is 12.4. The van der Waals surface area contributed by atoms with Gasteiger partial charge in [0.1, 0.15) is 22.7 Å². The Balaban J connectivity index is 1.87. The van der Waals surface area contributed by atoms with E-state index in [2.05, 4.69) is 0 Å². The number of nitrogens with zero attached hydrogens (tertiary/aromatic N) is 1. The molecule has 2 N–H and O–H groups in total. The summed E-state index contributed by atoms with van der Waals surface area (Å²) in [6.45, 7) is 0.263. The van der Waals surface area contributed by atoms with E-state index in [1.54, 1.807) is 6.08 Å². The molecule has 1 unspecified atom stereocenters. The van der Waals surface area contributed by atoms with E-state index in [1.165, 1.54) is 0 Å². The van der Waals surface area contributed by atoms with E-state index in [-0.39, 0.29) is 15.8 Å². The summed E-state index contributed by atoms with van der Waals surface area (Å²) in [5.74, 6) is -2.62. The lowest BCUT2D eigenvalue weighted by Crippen LogP contribution is -2.45. The van der Waals surface area contributed by atoms with Crippen LogP contribution in [0.2, 0.25) is 0 Å². The molecule has 0 aromatic heterocycles. The number of carboxylic acids is 2. The van der Waals surface area contributed by atoms with Gasteiger partial charge in [0.2, 0.25) is 0 Å². The van der Waals surface area contributed by atoms with Crippen molar-refractivity contribution in [3.05, 3.63) is 46.4 Å². The van der Waals surface area contributed by atoms with Crippen LogP contribution in [-0.4, -0.2) is 49.9 Å². The monoisotopic (exact) mass is 391 g/mol. The van der Waals surface area contributed by atoms with Crippen molar-refractivity contribution in [1.82, 2.24) is 4.90 Å². The van der Waals surface area contributed by atoms with Crippen molar-refractivity contribution in [2.24, 2.45) is 0 Å². The van der Waals surface area contributed by atoms with Crippen molar-refractivity contribution < 1.29 is 29.3 Å². The zero-order valence-electron chi connectivity index (χ0n) is 13.2. The first-order valence-electron chi connectivity index (χ1n) is 7.51. The number of thioether (sulfide) groups is 1. The van der Waals surface area contributed by atoms with Gasteiger partial charge in [0.05, 0.1) is 11.3 Å². The molecular weight excluding hydrogens is 378 g/mol. The summed E-state index contributed by atoms with van der Waals surface area (Å²) in [5, 5.41) is 18.2. The Bertz CT molecular complexity index is 876. The minimum Gasteiger partial charge on any atom is -0.488 e. The summed E-state index contributed by atoms with van der Waals surface area (Å²) in [4.78, 5) is 36.0. The van der Waals surface area contributed by atoms with Crippen LogP contribution in [0.1, 0.15) is 12.0 Å². The number of rotatable bonds is 5. The second-order valence-corrected chi connectivity index (χ2v) is 7.23. The van der Waals surface area contributed by atoms with Crippen molar-refractivity contribution in [2.45, 2.75) is 12.5 Å². The lowest BCUT2D eigenvalue weighted by molar-refractivity contribution is -0.150. The van der Waals surface area contributed by atoms with Crippen molar-refractivity contribution in [1.29, 1.82) is 0 Å². The summed E-state index contributed by atoms with van der Waals surface area (Å²) in [5.41, 5.74) is 1.60. The van der Waals surface area contributed by atoms with Crippen LogP contribution >= 0.6 is 24.0 Å². The number of fused-ring (bicyclic) bond motifs is 1. The fraction of sp³-hybridized carbons (Fsp3) is 0.176. The quantitative estimate of drug-likeness (QED) is 0.581. The van der Waals surface area contributed by atoms with Crippen LogP contribution < -0.4 is 4.74 Å². The molecule has 1 amide bonds. The van der Waals surface area contributed by atoms with Crippen LogP contribution in [0.3, 0.4) is 0 Å². The summed E-state index contributed by atoms with van der Waals surface area (Å²) >= 11 is 6.04. The summed E-state index contributed by atoms with van der Waals surface area (Å²) in [6, 6.07) is 5.90. The third-order valence-electron chi connectivity index (χ3n) is 3.76. The predicted molar refractivity (Wildman–Crippen MR) is 98.7 cm³/mol. The highest BCUT2D eigenvalue weighted by molar-refractivity contribution is 8.26. The molecule has 2 aliphatic heterocycles. The molecular formula is C17H13NO6S2. The fourth-order valence-electron chi connectivity index (χ4n) is 2.59. The van der Waals surface area contributed by atoms with Crippen LogP contribution in [0, 0.1) is 0 Å². The van der Waals surface area contributed by atoms with Gasteiger partial charge in [-0.25, -0.2) is 4.79 Å². The Morgan fingerprint density at radius 3 is 2.77 bits per heavy atom. The molecule has 3 rings (SSSR count). The molecule has 0 bridgehead atoms. The molecule has 0 spiro atoms. The molecule has 1 aromatic carbocycles. The molecule has 9 heteroatoms. The number of amides is 1. The average molecular weight is 391 g/mol. The van der Waals surface area contributed by atoms with Gasteiger partial charge >= 0.3 is 11.9 Å². The van der Waals surface area contributed by atoms with Gasteiger partial charge in [0.25, 0.3) is 5.91 Å². The van der Waals surface area contributed by atoms with E-state index < -0.39 is 30.3 Å². The fourth-order valence-corrected chi connectivity index (χ4v) is 3.96. The first-order valence-corrected chi connectivity index (χ1v) is 8.73. The van der Waals surface area contributed by atoms with Gasteiger partial charge in [-0.05, 0) is 23.8 Å². The molecule has 2 aliphatic rings. The van der Waals surface area contributed by atoms with Gasteiger partial charge in [-0.1, -0.05) is 42.2 Å². The molecule has 1 aromatic rings. The Morgan fingerprint density at radius 1 is 1.35 bits per heavy atom. The third-order valence-corrected chi connectivity index (χ3v) is 5.09. The maximum Gasteiger partial charge on any atom is 0.327 e. The Hall–Kier alpha value is -2.65. The molecule has 2 heterocycles. The van der Waals surface area contributed by atoms with Gasteiger partial charge in [-0.15, -0.1) is 0 Å². The number of hydrogen-bond acceptors (Lipinski definition) is 6. The van der Waals surface area contributed by atoms with E-state index in [1.807, 2.05) is 30.3 Å². The van der Waals surface area contributed by atoms with E-state index in [9.17, 15) is 19.5 Å². The summed E-state index contributed by atoms with van der Waals surface area (Å²) in [6.07, 6.45) is 2.74. The minimum absolute atomic E-state index is 0.0210. The van der Waals surface area contributed by atoms with Gasteiger partial charge < -0.3 is 14.9 Å². The molecule has 134 valence electrons. The SMILES string of the molecule is O=C(O)CC(C(=O)O)N1C(=O)C(=CC2=Cc3ccccc3OC2)SC1=S. The van der Waals surface area contributed by atoms with Gasteiger partial charge in [-0.3, -0.25) is 14.5 Å². The largest absolute Gasteiger partial charge is 0.488 e. The number of para-hydroxylation sites is 1. The van der Waals surface area contributed by atoms with Crippen LogP contribution in [0.15, 0.2) is 40.8 Å². The molecule has 0 aliphatic carbocycles. The van der Waals surface area contributed by atoms with E-state index in [0.29, 0.717) is 0 Å². The molecule has 26 heavy (non-hydrogen) atoms. The number of hydrogen-bond donors (Lipinski definition) is 2. The number of ether oxygens (including phenoxy) is 1. The number of benzene rings is 1. The second-order valence-electron chi connectivity index (χ2n) is 5.55. The van der Waals surface area contributed by atoms with E-state index in [4.69, 9.17) is 22.1 Å². The lowest BCUT2D eigenvalue weighted by Gasteiger charge is -2.21. The minimum atomic E-state index is -1.54. The maximum atomic E-state index is 12.6. The number of carbonyl (C=O) groups excluding carboxylic acids is 1. The Kier molecular flexibility index (Phi) is 5.10. The Labute approximate surface area is 157 Å². The highest BCUT2D eigenvalue weighted by Crippen LogP contribution is 2.35. The predicted octanol–water partition coefficient (Wildman–Crippen LogP) is 2.13. The zero-order valence-corrected chi connectivity index (χ0v) is 14.9. The van der Waals surface area contributed by atoms with E-state index >= 15 is 0 Å². The number of carbonyl (C=O) groups is 3. The topological polar surface area (TPSA) is 104 Å². The molecule has 1 atom stereocenters. The Morgan fingerprint density at radius 2 is 2.08 bits per heavy atom. The summed E-state index contributed by atoms with van der Waals surface area (Å²) < 4.78 is 5.64. The van der Waals surface area contributed by atoms with Crippen LogP contribution in [0.25, 0.3) is 6.08 Å². The van der Waals surface area contributed by atoms with Gasteiger partial charge in [-0.2, -0.15) is 0 Å². The van der Waals surface area contributed by atoms with Crippen LogP contribution in [0.4, 0.5) is 0 Å². The van der Waals surface area contributed by atoms with Crippen LogP contribution in [0.5, 0.6) is 5.75 Å². The van der Waals surface area contributed by atoms with Gasteiger partial charge in [0.15, 0.2) is 0 Å². The number of aliphatic carboxylic acids is 2. The zero-order chi connectivity index (χ0) is 18.8. The standard InChI is InChI=1S/C17H13NO6S2/c19-14(20)7-11(16(22)23)18-15(21)13(26-17(18)25)6-9-5-10-3-1-2-4-12(10)24-8-9/h1-6,11H,7-8H2,(H,19,20)(H,22,23). The smallest absolute Gasteiger partial charge is 0.327 e. The van der Waals surface area contributed by atoms with Crippen LogP contribution in [-0.2, 0) is 14.4 Å². The van der Waals surface area contributed by atoms with Crippen molar-refractivity contribution in [3.63, 3.8) is 0 Å². The second kappa shape index (κ2) is 7.30. The number of carboxylic acid groups (broad SMARTS) is 2. The molecule has 7 nitrogen and oxygen atoms in total. The molecule has 0 saturated carbocycles. The maximum absolute atomic E-state index is 12.6. The average Bonchev–Trinajstić information content (AvgIpc) is 2.86. The first kappa shape index (κ1) is 18.2. The lowest BCUT2D eigenvalue weighted by atomic mass is 10.1.